The number of amides is 1. The minimum Gasteiger partial charge on any atom is -0.496 e. The number of halogens is 1. The van der Waals surface area contributed by atoms with Crippen molar-refractivity contribution in [3.63, 3.8) is 0 Å². The number of nitrogens with one attached hydrogen (secondary N) is 1. The SMILES string of the molecule is COc1cc(C(=O)N/N=C\c2cccc(Oc3ccccc3)c2)ccc1I. The zero-order chi connectivity index (χ0) is 19.1. The van der Waals surface area contributed by atoms with E-state index < -0.39 is 0 Å². The van der Waals surface area contributed by atoms with Gasteiger partial charge in [0, 0.05) is 5.56 Å². The fourth-order valence-corrected chi connectivity index (χ4v) is 2.87. The van der Waals surface area contributed by atoms with Gasteiger partial charge in [0.15, 0.2) is 0 Å². The minimum absolute atomic E-state index is 0.308. The first kappa shape index (κ1) is 18.9. The number of rotatable bonds is 6. The molecule has 0 heterocycles. The predicted octanol–water partition coefficient (Wildman–Crippen LogP) is 4.86. The van der Waals surface area contributed by atoms with E-state index in [1.54, 1.807) is 25.5 Å². The fourth-order valence-electron chi connectivity index (χ4n) is 2.31. The van der Waals surface area contributed by atoms with Crippen molar-refractivity contribution < 1.29 is 14.3 Å². The third kappa shape index (κ3) is 5.30. The molecule has 0 unspecified atom stereocenters. The summed E-state index contributed by atoms with van der Waals surface area (Å²) < 4.78 is 12.0. The van der Waals surface area contributed by atoms with Crippen molar-refractivity contribution in [1.82, 2.24) is 5.43 Å². The zero-order valence-corrected chi connectivity index (χ0v) is 16.7. The van der Waals surface area contributed by atoms with Gasteiger partial charge >= 0.3 is 0 Å². The van der Waals surface area contributed by atoms with Gasteiger partial charge in [-0.1, -0.05) is 30.3 Å². The van der Waals surface area contributed by atoms with Crippen molar-refractivity contribution in [2.24, 2.45) is 5.10 Å². The predicted molar refractivity (Wildman–Crippen MR) is 114 cm³/mol. The third-order valence-corrected chi connectivity index (χ3v) is 4.52. The summed E-state index contributed by atoms with van der Waals surface area (Å²) in [6.07, 6.45) is 1.57. The Hall–Kier alpha value is -2.87. The standard InChI is InChI=1S/C21H17IN2O3/c1-26-20-13-16(10-11-19(20)22)21(25)24-23-14-15-6-5-9-18(12-15)27-17-7-3-2-4-8-17/h2-14H,1H3,(H,24,25)/b23-14-. The van der Waals surface area contributed by atoms with Gasteiger partial charge in [-0.3, -0.25) is 4.79 Å². The molecule has 0 saturated carbocycles. The lowest BCUT2D eigenvalue weighted by Gasteiger charge is -2.06. The maximum absolute atomic E-state index is 12.2. The van der Waals surface area contributed by atoms with E-state index in [-0.39, 0.29) is 5.91 Å². The van der Waals surface area contributed by atoms with Crippen molar-refractivity contribution in [2.75, 3.05) is 7.11 Å². The van der Waals surface area contributed by atoms with E-state index in [0.29, 0.717) is 17.1 Å². The molecule has 1 amide bonds. The molecule has 136 valence electrons. The highest BCUT2D eigenvalue weighted by atomic mass is 127. The van der Waals surface area contributed by atoms with Gasteiger partial charge in [-0.2, -0.15) is 5.10 Å². The number of benzene rings is 3. The lowest BCUT2D eigenvalue weighted by atomic mass is 10.2. The fraction of sp³-hybridized carbons (Fsp3) is 0.0476. The average Bonchev–Trinajstić information content (AvgIpc) is 2.69. The van der Waals surface area contributed by atoms with Crippen molar-refractivity contribution in [3.05, 3.63) is 87.5 Å². The van der Waals surface area contributed by atoms with Gasteiger partial charge in [-0.25, -0.2) is 5.43 Å². The van der Waals surface area contributed by atoms with Crippen LogP contribution in [0.3, 0.4) is 0 Å². The summed E-state index contributed by atoms with van der Waals surface area (Å²) >= 11 is 2.15. The van der Waals surface area contributed by atoms with E-state index in [0.717, 1.165) is 14.9 Å². The molecule has 0 bridgehead atoms. The highest BCUT2D eigenvalue weighted by Crippen LogP contribution is 2.22. The van der Waals surface area contributed by atoms with Crippen LogP contribution in [0.5, 0.6) is 17.2 Å². The van der Waals surface area contributed by atoms with Gasteiger partial charge in [0.05, 0.1) is 16.9 Å². The summed E-state index contributed by atoms with van der Waals surface area (Å²) in [4.78, 5) is 12.2. The van der Waals surface area contributed by atoms with Crippen molar-refractivity contribution in [1.29, 1.82) is 0 Å². The molecule has 0 aromatic heterocycles. The first-order chi connectivity index (χ1) is 13.2. The van der Waals surface area contributed by atoms with Gasteiger partial charge in [0.1, 0.15) is 17.2 Å². The molecule has 6 heteroatoms. The molecule has 0 aliphatic rings. The molecule has 0 atom stereocenters. The number of ether oxygens (including phenoxy) is 2. The van der Waals surface area contributed by atoms with E-state index in [9.17, 15) is 4.79 Å². The average molecular weight is 472 g/mol. The van der Waals surface area contributed by atoms with E-state index >= 15 is 0 Å². The Morgan fingerprint density at radius 3 is 2.56 bits per heavy atom. The number of methoxy groups -OCH3 is 1. The minimum atomic E-state index is -0.308. The largest absolute Gasteiger partial charge is 0.496 e. The number of carbonyl (C=O) groups is 1. The van der Waals surface area contributed by atoms with Gasteiger partial charge in [-0.15, -0.1) is 0 Å². The number of hydrogen-bond acceptors (Lipinski definition) is 4. The quantitative estimate of drug-likeness (QED) is 0.317. The normalized spacial score (nSPS) is 10.6. The van der Waals surface area contributed by atoms with E-state index in [4.69, 9.17) is 9.47 Å². The maximum atomic E-state index is 12.2. The van der Waals surface area contributed by atoms with Crippen LogP contribution >= 0.6 is 22.6 Å². The Bertz CT molecular complexity index is 959. The molecule has 1 N–H and O–H groups in total. The highest BCUT2D eigenvalue weighted by Gasteiger charge is 2.08. The number of hydrazone groups is 1. The summed E-state index contributed by atoms with van der Waals surface area (Å²) in [7, 11) is 1.57. The Morgan fingerprint density at radius 1 is 1.00 bits per heavy atom. The Labute approximate surface area is 171 Å². The van der Waals surface area contributed by atoms with Gasteiger partial charge in [0.2, 0.25) is 0 Å². The lowest BCUT2D eigenvalue weighted by Crippen LogP contribution is -2.17. The number of hydrogen-bond donors (Lipinski definition) is 1. The molecular formula is C21H17IN2O3. The van der Waals surface area contributed by atoms with Crippen molar-refractivity contribution >= 4 is 34.7 Å². The lowest BCUT2D eigenvalue weighted by molar-refractivity contribution is 0.0954. The van der Waals surface area contributed by atoms with E-state index in [1.807, 2.05) is 60.7 Å². The number of para-hydroxylation sites is 1. The van der Waals surface area contributed by atoms with Crippen molar-refractivity contribution in [2.45, 2.75) is 0 Å². The molecule has 27 heavy (non-hydrogen) atoms. The van der Waals surface area contributed by atoms with Crippen LogP contribution in [-0.4, -0.2) is 19.2 Å². The second-order valence-corrected chi connectivity index (χ2v) is 6.70. The molecule has 0 radical (unpaired) electrons. The third-order valence-electron chi connectivity index (χ3n) is 3.63. The van der Waals surface area contributed by atoms with Crippen LogP contribution in [0.4, 0.5) is 0 Å². The highest BCUT2D eigenvalue weighted by molar-refractivity contribution is 14.1. The summed E-state index contributed by atoms with van der Waals surface area (Å²) in [5, 5.41) is 4.02. The molecule has 3 aromatic carbocycles. The molecule has 3 rings (SSSR count). The summed E-state index contributed by atoms with van der Waals surface area (Å²) in [6, 6.07) is 22.2. The molecule has 0 aliphatic carbocycles. The van der Waals surface area contributed by atoms with Crippen LogP contribution in [0.15, 0.2) is 77.9 Å². The van der Waals surface area contributed by atoms with Gasteiger partial charge in [-0.05, 0) is 70.6 Å². The molecule has 0 saturated heterocycles. The van der Waals surface area contributed by atoms with Crippen LogP contribution in [0.2, 0.25) is 0 Å². The van der Waals surface area contributed by atoms with Crippen LogP contribution in [0, 0.1) is 3.57 Å². The molecule has 0 fully saturated rings. The molecule has 0 spiro atoms. The van der Waals surface area contributed by atoms with Gasteiger partial charge < -0.3 is 9.47 Å². The number of carbonyl (C=O) groups excluding carboxylic acids is 1. The summed E-state index contributed by atoms with van der Waals surface area (Å²) in [5.74, 6) is 1.79. The van der Waals surface area contributed by atoms with Gasteiger partial charge in [0.25, 0.3) is 5.91 Å². The number of nitrogens with zero attached hydrogens (tertiary/aromatic N) is 1. The first-order valence-electron chi connectivity index (χ1n) is 8.15. The molecule has 0 aliphatic heterocycles. The second kappa shape index (κ2) is 9.18. The molecular weight excluding hydrogens is 455 g/mol. The zero-order valence-electron chi connectivity index (χ0n) is 14.6. The van der Waals surface area contributed by atoms with Crippen molar-refractivity contribution in [3.8, 4) is 17.2 Å². The monoisotopic (exact) mass is 472 g/mol. The summed E-state index contributed by atoms with van der Waals surface area (Å²) in [6.45, 7) is 0. The Balaban J connectivity index is 1.64. The topological polar surface area (TPSA) is 59.9 Å². The van der Waals surface area contributed by atoms with Crippen LogP contribution < -0.4 is 14.9 Å². The van der Waals surface area contributed by atoms with E-state index in [1.165, 1.54) is 0 Å². The Kier molecular flexibility index (Phi) is 6.43. The van der Waals surface area contributed by atoms with Crippen LogP contribution in [-0.2, 0) is 0 Å². The summed E-state index contributed by atoms with van der Waals surface area (Å²) in [5.41, 5.74) is 3.81. The molecule has 5 nitrogen and oxygen atoms in total. The van der Waals surface area contributed by atoms with Crippen LogP contribution in [0.1, 0.15) is 15.9 Å². The van der Waals surface area contributed by atoms with Crippen LogP contribution in [0.25, 0.3) is 0 Å². The second-order valence-electron chi connectivity index (χ2n) is 5.54. The van der Waals surface area contributed by atoms with E-state index in [2.05, 4.69) is 33.1 Å². The first-order valence-corrected chi connectivity index (χ1v) is 9.23. The maximum Gasteiger partial charge on any atom is 0.271 e. The molecule has 3 aromatic rings. The Morgan fingerprint density at radius 2 is 1.78 bits per heavy atom. The smallest absolute Gasteiger partial charge is 0.271 e.